The molecule has 118 valence electrons. The van der Waals surface area contributed by atoms with Gasteiger partial charge in [-0.05, 0) is 50.0 Å². The average Bonchev–Trinajstić information content (AvgIpc) is 2.95. The SMILES string of the molecule is COc1ccc2nc(C(NC(=O)O)C3CCNCC3)sc2c1. The molecule has 2 aromatic rings. The number of carboxylic acid groups (broad SMARTS) is 1. The van der Waals surface area contributed by atoms with Crippen LogP contribution in [0.25, 0.3) is 10.2 Å². The van der Waals surface area contributed by atoms with Crippen molar-refractivity contribution in [2.45, 2.75) is 18.9 Å². The van der Waals surface area contributed by atoms with Gasteiger partial charge in [0.05, 0.1) is 23.4 Å². The van der Waals surface area contributed by atoms with Crippen molar-refractivity contribution in [3.63, 3.8) is 0 Å². The highest BCUT2D eigenvalue weighted by molar-refractivity contribution is 7.18. The van der Waals surface area contributed by atoms with Gasteiger partial charge >= 0.3 is 6.09 Å². The fourth-order valence-corrected chi connectivity index (χ4v) is 4.02. The third kappa shape index (κ3) is 3.15. The van der Waals surface area contributed by atoms with Crippen LogP contribution in [-0.2, 0) is 0 Å². The molecule has 1 fully saturated rings. The molecule has 1 atom stereocenters. The van der Waals surface area contributed by atoms with E-state index in [0.29, 0.717) is 0 Å². The summed E-state index contributed by atoms with van der Waals surface area (Å²) in [5, 5.41) is 16.0. The van der Waals surface area contributed by atoms with E-state index in [1.165, 1.54) is 11.3 Å². The molecule has 1 aliphatic rings. The predicted octanol–water partition coefficient (Wildman–Crippen LogP) is 2.61. The summed E-state index contributed by atoms with van der Waals surface area (Å²) < 4.78 is 6.25. The maximum atomic E-state index is 11.2. The molecular formula is C15H19N3O3S. The van der Waals surface area contributed by atoms with Gasteiger partial charge in [0.2, 0.25) is 0 Å². The summed E-state index contributed by atoms with van der Waals surface area (Å²) in [7, 11) is 1.63. The van der Waals surface area contributed by atoms with Crippen LogP contribution in [0.15, 0.2) is 18.2 Å². The minimum atomic E-state index is -1.000. The molecule has 1 aliphatic heterocycles. The van der Waals surface area contributed by atoms with Crippen LogP contribution in [0.4, 0.5) is 4.79 Å². The Morgan fingerprint density at radius 3 is 2.95 bits per heavy atom. The number of benzene rings is 1. The largest absolute Gasteiger partial charge is 0.497 e. The topological polar surface area (TPSA) is 83.5 Å². The van der Waals surface area contributed by atoms with E-state index in [2.05, 4.69) is 15.6 Å². The van der Waals surface area contributed by atoms with Crippen molar-refractivity contribution in [2.24, 2.45) is 5.92 Å². The zero-order valence-electron chi connectivity index (χ0n) is 12.3. The van der Waals surface area contributed by atoms with Crippen LogP contribution >= 0.6 is 11.3 Å². The third-order valence-electron chi connectivity index (χ3n) is 4.01. The first-order valence-electron chi connectivity index (χ1n) is 7.32. The Labute approximate surface area is 132 Å². The first-order chi connectivity index (χ1) is 10.7. The van der Waals surface area contributed by atoms with Crippen molar-refractivity contribution in [3.05, 3.63) is 23.2 Å². The number of fused-ring (bicyclic) bond motifs is 1. The van der Waals surface area contributed by atoms with Crippen LogP contribution in [0.1, 0.15) is 23.9 Å². The Bertz CT molecular complexity index is 667. The highest BCUT2D eigenvalue weighted by atomic mass is 32.1. The van der Waals surface area contributed by atoms with Gasteiger partial charge in [-0.25, -0.2) is 9.78 Å². The van der Waals surface area contributed by atoms with Gasteiger partial charge in [0.1, 0.15) is 10.8 Å². The zero-order chi connectivity index (χ0) is 15.5. The number of ether oxygens (including phenoxy) is 1. The van der Waals surface area contributed by atoms with Crippen molar-refractivity contribution in [3.8, 4) is 5.75 Å². The third-order valence-corrected chi connectivity index (χ3v) is 5.11. The van der Waals surface area contributed by atoms with Crippen LogP contribution in [0.5, 0.6) is 5.75 Å². The predicted molar refractivity (Wildman–Crippen MR) is 85.7 cm³/mol. The summed E-state index contributed by atoms with van der Waals surface area (Å²) in [5.41, 5.74) is 0.881. The van der Waals surface area contributed by atoms with Crippen molar-refractivity contribution in [1.29, 1.82) is 0 Å². The normalized spacial score (nSPS) is 17.3. The molecule has 0 bridgehead atoms. The summed E-state index contributed by atoms with van der Waals surface area (Å²) in [6, 6.07) is 5.48. The second-order valence-corrected chi connectivity index (χ2v) is 6.46. The molecule has 3 N–H and O–H groups in total. The Morgan fingerprint density at radius 1 is 1.50 bits per heavy atom. The van der Waals surface area contributed by atoms with Crippen molar-refractivity contribution >= 4 is 27.6 Å². The van der Waals surface area contributed by atoms with Crippen LogP contribution in [0.3, 0.4) is 0 Å². The quantitative estimate of drug-likeness (QED) is 0.806. The van der Waals surface area contributed by atoms with Crippen LogP contribution < -0.4 is 15.4 Å². The summed E-state index contributed by atoms with van der Waals surface area (Å²) in [4.78, 5) is 15.8. The van der Waals surface area contributed by atoms with E-state index in [-0.39, 0.29) is 12.0 Å². The highest BCUT2D eigenvalue weighted by Crippen LogP contribution is 2.35. The molecule has 1 amide bonds. The first-order valence-corrected chi connectivity index (χ1v) is 8.13. The Balaban J connectivity index is 1.93. The highest BCUT2D eigenvalue weighted by Gasteiger charge is 2.29. The molecule has 22 heavy (non-hydrogen) atoms. The fraction of sp³-hybridized carbons (Fsp3) is 0.467. The molecule has 1 aromatic carbocycles. The molecule has 6 nitrogen and oxygen atoms in total. The summed E-state index contributed by atoms with van der Waals surface area (Å²) in [6.45, 7) is 1.84. The van der Waals surface area contributed by atoms with Crippen molar-refractivity contribution in [1.82, 2.24) is 15.6 Å². The number of aromatic nitrogens is 1. The maximum Gasteiger partial charge on any atom is 0.405 e. The molecule has 0 spiro atoms. The van der Waals surface area contributed by atoms with Gasteiger partial charge in [0.15, 0.2) is 0 Å². The van der Waals surface area contributed by atoms with Crippen LogP contribution in [-0.4, -0.2) is 36.4 Å². The number of methoxy groups -OCH3 is 1. The number of rotatable bonds is 4. The van der Waals surface area contributed by atoms with Gasteiger partial charge in [-0.15, -0.1) is 11.3 Å². The van der Waals surface area contributed by atoms with E-state index >= 15 is 0 Å². The van der Waals surface area contributed by atoms with E-state index < -0.39 is 6.09 Å². The minimum absolute atomic E-state index is 0.247. The van der Waals surface area contributed by atoms with Crippen LogP contribution in [0.2, 0.25) is 0 Å². The fourth-order valence-electron chi connectivity index (χ4n) is 2.87. The zero-order valence-corrected chi connectivity index (χ0v) is 13.2. The minimum Gasteiger partial charge on any atom is -0.497 e. The number of nitrogens with zero attached hydrogens (tertiary/aromatic N) is 1. The summed E-state index contributed by atoms with van der Waals surface area (Å²) in [6.07, 6.45) is 0.898. The maximum absolute atomic E-state index is 11.2. The summed E-state index contributed by atoms with van der Waals surface area (Å²) >= 11 is 1.53. The molecule has 0 saturated carbocycles. The average molecular weight is 321 g/mol. The van der Waals surface area contributed by atoms with Gasteiger partial charge < -0.3 is 20.5 Å². The molecule has 1 aromatic heterocycles. The molecule has 3 rings (SSSR count). The van der Waals surface area contributed by atoms with Crippen LogP contribution in [0, 0.1) is 5.92 Å². The monoisotopic (exact) mass is 321 g/mol. The van der Waals surface area contributed by atoms with Gasteiger partial charge in [0.25, 0.3) is 0 Å². The number of carbonyl (C=O) groups is 1. The Morgan fingerprint density at radius 2 is 2.27 bits per heavy atom. The van der Waals surface area contributed by atoms with Gasteiger partial charge in [-0.1, -0.05) is 0 Å². The summed E-state index contributed by atoms with van der Waals surface area (Å²) in [5.74, 6) is 1.06. The number of nitrogens with one attached hydrogen (secondary N) is 2. The number of piperidine rings is 1. The number of amides is 1. The molecule has 1 saturated heterocycles. The number of thiazole rings is 1. The lowest BCUT2D eigenvalue weighted by Crippen LogP contribution is -2.38. The second-order valence-electron chi connectivity index (χ2n) is 5.40. The first kappa shape index (κ1) is 15.1. The van der Waals surface area contributed by atoms with Crippen molar-refractivity contribution in [2.75, 3.05) is 20.2 Å². The Kier molecular flexibility index (Phi) is 4.44. The lowest BCUT2D eigenvalue weighted by molar-refractivity contribution is 0.179. The second kappa shape index (κ2) is 6.50. The molecule has 1 unspecified atom stereocenters. The standard InChI is InChI=1S/C15H19N3O3S/c1-21-10-2-3-11-12(8-10)22-14(17-11)13(18-15(19)20)9-4-6-16-7-5-9/h2-3,8-9,13,16,18H,4-7H2,1H3,(H,19,20). The van der Waals surface area contributed by atoms with E-state index in [1.54, 1.807) is 7.11 Å². The molecule has 0 aliphatic carbocycles. The molecule has 2 heterocycles. The van der Waals surface area contributed by atoms with Crippen molar-refractivity contribution < 1.29 is 14.6 Å². The molecule has 7 heteroatoms. The molecule has 0 radical (unpaired) electrons. The smallest absolute Gasteiger partial charge is 0.405 e. The number of hydrogen-bond acceptors (Lipinski definition) is 5. The van der Waals surface area contributed by atoms with E-state index in [4.69, 9.17) is 9.84 Å². The van der Waals surface area contributed by atoms with E-state index in [0.717, 1.165) is 46.9 Å². The molecular weight excluding hydrogens is 302 g/mol. The van der Waals surface area contributed by atoms with E-state index in [9.17, 15) is 4.79 Å². The van der Waals surface area contributed by atoms with E-state index in [1.807, 2.05) is 18.2 Å². The lowest BCUT2D eigenvalue weighted by Gasteiger charge is -2.29. The van der Waals surface area contributed by atoms with Gasteiger partial charge in [-0.3, -0.25) is 0 Å². The lowest BCUT2D eigenvalue weighted by atomic mass is 9.90. The number of hydrogen-bond donors (Lipinski definition) is 3. The van der Waals surface area contributed by atoms with Gasteiger partial charge in [0, 0.05) is 0 Å². The Hall–Kier alpha value is -1.86. The van der Waals surface area contributed by atoms with Gasteiger partial charge in [-0.2, -0.15) is 0 Å².